The molecule has 2 rings (SSSR count). The van der Waals surface area contributed by atoms with Crippen molar-refractivity contribution in [1.29, 1.82) is 0 Å². The molecule has 2 fully saturated rings. The SMILES string of the molecule is CCC(C)(C(=O)OC12CCCCC1OC(=O)C2)C(C)C. The molecule has 0 aromatic heterocycles. The lowest BCUT2D eigenvalue weighted by Crippen LogP contribution is -2.49. The van der Waals surface area contributed by atoms with E-state index in [1.807, 2.05) is 27.7 Å². The Labute approximate surface area is 121 Å². The number of carbonyl (C=O) groups excluding carboxylic acids is 2. The Morgan fingerprint density at radius 3 is 2.80 bits per heavy atom. The Morgan fingerprint density at radius 2 is 2.20 bits per heavy atom. The first kappa shape index (κ1) is 15.3. The third-order valence-electron chi connectivity index (χ3n) is 5.39. The Hall–Kier alpha value is -1.06. The van der Waals surface area contributed by atoms with Crippen LogP contribution in [0.15, 0.2) is 0 Å². The molecular weight excluding hydrogens is 256 g/mol. The highest BCUT2D eigenvalue weighted by molar-refractivity contribution is 5.79. The molecule has 0 aromatic carbocycles. The van der Waals surface area contributed by atoms with E-state index in [4.69, 9.17) is 9.47 Å². The van der Waals surface area contributed by atoms with Gasteiger partial charge < -0.3 is 9.47 Å². The fraction of sp³-hybridized carbons (Fsp3) is 0.875. The van der Waals surface area contributed by atoms with Gasteiger partial charge in [0.1, 0.15) is 6.10 Å². The number of hydrogen-bond donors (Lipinski definition) is 0. The molecule has 1 aliphatic heterocycles. The van der Waals surface area contributed by atoms with Crippen molar-refractivity contribution in [3.63, 3.8) is 0 Å². The van der Waals surface area contributed by atoms with E-state index < -0.39 is 11.0 Å². The van der Waals surface area contributed by atoms with Crippen molar-refractivity contribution < 1.29 is 19.1 Å². The monoisotopic (exact) mass is 282 g/mol. The number of rotatable bonds is 4. The van der Waals surface area contributed by atoms with Crippen LogP contribution in [0.4, 0.5) is 0 Å². The summed E-state index contributed by atoms with van der Waals surface area (Å²) in [6, 6.07) is 0. The summed E-state index contributed by atoms with van der Waals surface area (Å²) in [7, 11) is 0. The van der Waals surface area contributed by atoms with Crippen molar-refractivity contribution in [3.8, 4) is 0 Å². The molecule has 1 heterocycles. The van der Waals surface area contributed by atoms with Gasteiger partial charge in [0.15, 0.2) is 5.60 Å². The van der Waals surface area contributed by atoms with Crippen molar-refractivity contribution in [2.75, 3.05) is 0 Å². The van der Waals surface area contributed by atoms with Crippen LogP contribution in [0.25, 0.3) is 0 Å². The first-order valence-corrected chi connectivity index (χ1v) is 7.77. The average Bonchev–Trinajstić information content (AvgIpc) is 2.72. The van der Waals surface area contributed by atoms with Crippen molar-refractivity contribution in [2.45, 2.75) is 77.9 Å². The van der Waals surface area contributed by atoms with Gasteiger partial charge in [-0.3, -0.25) is 9.59 Å². The number of esters is 2. The first-order valence-electron chi connectivity index (χ1n) is 7.77. The number of fused-ring (bicyclic) bond motifs is 1. The lowest BCUT2D eigenvalue weighted by atomic mass is 9.76. The molecule has 0 aromatic rings. The second-order valence-electron chi connectivity index (χ2n) is 6.78. The van der Waals surface area contributed by atoms with Gasteiger partial charge in [0.05, 0.1) is 11.8 Å². The molecule has 20 heavy (non-hydrogen) atoms. The highest BCUT2D eigenvalue weighted by Gasteiger charge is 2.55. The van der Waals surface area contributed by atoms with E-state index in [0.29, 0.717) is 0 Å². The van der Waals surface area contributed by atoms with Crippen LogP contribution in [0, 0.1) is 11.3 Å². The van der Waals surface area contributed by atoms with Crippen molar-refractivity contribution in [1.82, 2.24) is 0 Å². The van der Waals surface area contributed by atoms with Gasteiger partial charge in [-0.05, 0) is 44.9 Å². The van der Waals surface area contributed by atoms with E-state index in [-0.39, 0.29) is 30.4 Å². The van der Waals surface area contributed by atoms with Gasteiger partial charge in [-0.15, -0.1) is 0 Å². The molecule has 0 bridgehead atoms. The average molecular weight is 282 g/mol. The maximum atomic E-state index is 12.7. The van der Waals surface area contributed by atoms with Gasteiger partial charge in [0, 0.05) is 0 Å². The van der Waals surface area contributed by atoms with Gasteiger partial charge in [-0.25, -0.2) is 0 Å². The van der Waals surface area contributed by atoms with Crippen LogP contribution in [0.1, 0.15) is 66.2 Å². The molecule has 4 nitrogen and oxygen atoms in total. The zero-order chi connectivity index (χ0) is 15.0. The summed E-state index contributed by atoms with van der Waals surface area (Å²) < 4.78 is 11.3. The summed E-state index contributed by atoms with van der Waals surface area (Å²) in [5, 5.41) is 0. The highest BCUT2D eigenvalue weighted by Crippen LogP contribution is 2.44. The maximum Gasteiger partial charge on any atom is 0.312 e. The molecule has 2 aliphatic rings. The topological polar surface area (TPSA) is 52.6 Å². The zero-order valence-electron chi connectivity index (χ0n) is 13.0. The summed E-state index contributed by atoms with van der Waals surface area (Å²) in [5.74, 6) is -0.205. The van der Waals surface area contributed by atoms with E-state index in [9.17, 15) is 9.59 Å². The number of hydrogen-bond acceptors (Lipinski definition) is 4. The molecule has 3 atom stereocenters. The van der Waals surface area contributed by atoms with Crippen molar-refractivity contribution in [2.24, 2.45) is 11.3 Å². The Morgan fingerprint density at radius 1 is 1.50 bits per heavy atom. The van der Waals surface area contributed by atoms with E-state index in [1.165, 1.54) is 0 Å². The van der Waals surface area contributed by atoms with Gasteiger partial charge in [-0.1, -0.05) is 20.8 Å². The third-order valence-corrected chi connectivity index (χ3v) is 5.39. The minimum Gasteiger partial charge on any atom is -0.458 e. The Balaban J connectivity index is 2.18. The lowest BCUT2D eigenvalue weighted by molar-refractivity contribution is -0.185. The van der Waals surface area contributed by atoms with E-state index >= 15 is 0 Å². The largest absolute Gasteiger partial charge is 0.458 e. The molecule has 114 valence electrons. The van der Waals surface area contributed by atoms with Crippen molar-refractivity contribution >= 4 is 11.9 Å². The molecule has 0 spiro atoms. The predicted octanol–water partition coefficient (Wildman–Crippen LogP) is 3.23. The van der Waals surface area contributed by atoms with E-state index in [1.54, 1.807) is 0 Å². The molecule has 0 radical (unpaired) electrons. The van der Waals surface area contributed by atoms with Crippen LogP contribution in [-0.2, 0) is 19.1 Å². The summed E-state index contributed by atoms with van der Waals surface area (Å²) in [6.45, 7) is 8.04. The first-order chi connectivity index (χ1) is 9.34. The number of ether oxygens (including phenoxy) is 2. The van der Waals surface area contributed by atoms with Crippen LogP contribution >= 0.6 is 0 Å². The quantitative estimate of drug-likeness (QED) is 0.743. The predicted molar refractivity (Wildman–Crippen MR) is 75.0 cm³/mol. The third kappa shape index (κ3) is 2.45. The van der Waals surface area contributed by atoms with Gasteiger partial charge in [0.25, 0.3) is 0 Å². The van der Waals surface area contributed by atoms with Gasteiger partial charge >= 0.3 is 11.9 Å². The second-order valence-corrected chi connectivity index (χ2v) is 6.78. The summed E-state index contributed by atoms with van der Waals surface area (Å²) >= 11 is 0. The molecule has 4 heteroatoms. The number of carbonyl (C=O) groups is 2. The zero-order valence-corrected chi connectivity index (χ0v) is 13.0. The Bertz CT molecular complexity index is 403. The minimum atomic E-state index is -0.697. The van der Waals surface area contributed by atoms with Crippen LogP contribution in [-0.4, -0.2) is 23.6 Å². The maximum absolute atomic E-state index is 12.7. The molecule has 1 aliphatic carbocycles. The van der Waals surface area contributed by atoms with Crippen LogP contribution in [0.5, 0.6) is 0 Å². The van der Waals surface area contributed by atoms with Crippen LogP contribution in [0.3, 0.4) is 0 Å². The standard InChI is InChI=1S/C16H26O4/c1-5-15(4,11(2)3)14(18)20-16-9-7-6-8-12(16)19-13(17)10-16/h11-12H,5-10H2,1-4H3. The van der Waals surface area contributed by atoms with Crippen LogP contribution < -0.4 is 0 Å². The molecule has 0 N–H and O–H groups in total. The summed E-state index contributed by atoms with van der Waals surface area (Å²) in [5.41, 5.74) is -1.19. The second kappa shape index (κ2) is 5.38. The molecule has 1 saturated carbocycles. The van der Waals surface area contributed by atoms with Crippen LogP contribution in [0.2, 0.25) is 0 Å². The minimum absolute atomic E-state index is 0.180. The smallest absolute Gasteiger partial charge is 0.312 e. The van der Waals surface area contributed by atoms with Crippen molar-refractivity contribution in [3.05, 3.63) is 0 Å². The fourth-order valence-electron chi connectivity index (χ4n) is 3.23. The van der Waals surface area contributed by atoms with E-state index in [2.05, 4.69) is 0 Å². The molecular formula is C16H26O4. The summed E-state index contributed by atoms with van der Waals surface area (Å²) in [6.07, 6.45) is 4.30. The van der Waals surface area contributed by atoms with E-state index in [0.717, 1.165) is 32.1 Å². The Kier molecular flexibility index (Phi) is 4.12. The molecule has 0 amide bonds. The lowest BCUT2D eigenvalue weighted by Gasteiger charge is -2.40. The highest BCUT2D eigenvalue weighted by atomic mass is 16.6. The molecule has 1 saturated heterocycles. The normalized spacial score (nSPS) is 32.5. The van der Waals surface area contributed by atoms with Gasteiger partial charge in [0.2, 0.25) is 0 Å². The fourth-order valence-corrected chi connectivity index (χ4v) is 3.23. The van der Waals surface area contributed by atoms with Gasteiger partial charge in [-0.2, -0.15) is 0 Å². The molecule has 3 unspecified atom stereocenters. The summed E-state index contributed by atoms with van der Waals surface area (Å²) in [4.78, 5) is 24.3.